The highest BCUT2D eigenvalue weighted by molar-refractivity contribution is 6.10. The summed E-state index contributed by atoms with van der Waals surface area (Å²) >= 11 is 0. The van der Waals surface area contributed by atoms with E-state index in [1.807, 2.05) is 0 Å². The van der Waals surface area contributed by atoms with Gasteiger partial charge in [0.2, 0.25) is 0 Å². The van der Waals surface area contributed by atoms with Gasteiger partial charge in [0.15, 0.2) is 0 Å². The van der Waals surface area contributed by atoms with Crippen molar-refractivity contribution < 1.29 is 4.42 Å². The third kappa shape index (κ3) is 5.52. The Hall–Kier alpha value is -5.86. The van der Waals surface area contributed by atoms with E-state index in [2.05, 4.69) is 193 Å². The highest BCUT2D eigenvalue weighted by Crippen LogP contribution is 2.55. The Morgan fingerprint density at radius 2 is 1.07 bits per heavy atom. The van der Waals surface area contributed by atoms with Gasteiger partial charge in [0.1, 0.15) is 11.2 Å². The molecule has 0 bridgehead atoms. The summed E-state index contributed by atoms with van der Waals surface area (Å²) in [6.07, 6.45) is 6.47. The molecule has 1 saturated carbocycles. The van der Waals surface area contributed by atoms with Crippen LogP contribution in [0.3, 0.4) is 0 Å². The largest absolute Gasteiger partial charge is 0.455 e. The smallest absolute Gasteiger partial charge is 0.143 e. The third-order valence-electron chi connectivity index (χ3n) is 14.6. The Morgan fingerprint density at radius 3 is 1.80 bits per heavy atom. The summed E-state index contributed by atoms with van der Waals surface area (Å²) in [4.78, 5) is 2.48. The predicted octanol–water partition coefficient (Wildman–Crippen LogP) is 16.7. The van der Waals surface area contributed by atoms with Crippen LogP contribution in [0.2, 0.25) is 0 Å². The molecular weight excluding hydrogens is 727 g/mol. The monoisotopic (exact) mass is 781 g/mol. The van der Waals surface area contributed by atoms with Gasteiger partial charge in [-0.25, -0.2) is 0 Å². The van der Waals surface area contributed by atoms with Crippen LogP contribution in [0.15, 0.2) is 144 Å². The van der Waals surface area contributed by atoms with Crippen molar-refractivity contribution in [1.82, 2.24) is 0 Å². The average molecular weight is 782 g/mol. The van der Waals surface area contributed by atoms with E-state index >= 15 is 0 Å². The molecule has 3 aliphatic carbocycles. The number of fused-ring (bicyclic) bond motifs is 9. The van der Waals surface area contributed by atoms with E-state index in [-0.39, 0.29) is 16.2 Å². The van der Waals surface area contributed by atoms with Crippen LogP contribution in [0.25, 0.3) is 55.3 Å². The number of para-hydroxylation sites is 2. The van der Waals surface area contributed by atoms with Crippen molar-refractivity contribution in [2.45, 2.75) is 103 Å². The number of hydrogen-bond acceptors (Lipinski definition) is 2. The summed E-state index contributed by atoms with van der Waals surface area (Å²) in [6, 6.07) is 52.9. The van der Waals surface area contributed by atoms with Gasteiger partial charge in [-0.1, -0.05) is 171 Å². The molecule has 0 amide bonds. The molecule has 1 aromatic heterocycles. The Bertz CT molecular complexity index is 3000. The minimum absolute atomic E-state index is 0.0364. The van der Waals surface area contributed by atoms with E-state index < -0.39 is 0 Å². The molecule has 11 rings (SSSR count). The van der Waals surface area contributed by atoms with E-state index in [1.54, 1.807) is 0 Å². The van der Waals surface area contributed by atoms with E-state index in [1.165, 1.54) is 110 Å². The molecule has 298 valence electrons. The highest BCUT2D eigenvalue weighted by Gasteiger charge is 2.40. The maximum absolute atomic E-state index is 6.94. The van der Waals surface area contributed by atoms with Gasteiger partial charge in [0.05, 0.1) is 0 Å². The Morgan fingerprint density at radius 1 is 0.500 bits per heavy atom. The van der Waals surface area contributed by atoms with Crippen LogP contribution in [0.4, 0.5) is 17.1 Å². The zero-order chi connectivity index (χ0) is 41.1. The van der Waals surface area contributed by atoms with Gasteiger partial charge in [-0.3, -0.25) is 0 Å². The molecule has 0 aliphatic heterocycles. The maximum atomic E-state index is 6.94. The average Bonchev–Trinajstić information content (AvgIpc) is 3.84. The van der Waals surface area contributed by atoms with E-state index in [4.69, 9.17) is 4.42 Å². The van der Waals surface area contributed by atoms with Crippen LogP contribution in [0.5, 0.6) is 0 Å². The van der Waals surface area contributed by atoms with Gasteiger partial charge < -0.3 is 9.32 Å². The van der Waals surface area contributed by atoms with Gasteiger partial charge in [0, 0.05) is 44.2 Å². The van der Waals surface area contributed by atoms with Crippen molar-refractivity contribution in [3.63, 3.8) is 0 Å². The lowest BCUT2D eigenvalue weighted by Gasteiger charge is -2.30. The second-order valence-electron chi connectivity index (χ2n) is 20.0. The summed E-state index contributed by atoms with van der Waals surface area (Å²) in [5.41, 5.74) is 21.4. The molecule has 1 heterocycles. The fourth-order valence-electron chi connectivity index (χ4n) is 11.4. The first kappa shape index (κ1) is 37.2. The van der Waals surface area contributed by atoms with Gasteiger partial charge in [-0.15, -0.1) is 0 Å². The summed E-state index contributed by atoms with van der Waals surface area (Å²) in [5, 5.41) is 2.43. The lowest BCUT2D eigenvalue weighted by molar-refractivity contribution is 0.442. The van der Waals surface area contributed by atoms with Crippen molar-refractivity contribution in [1.29, 1.82) is 0 Å². The maximum Gasteiger partial charge on any atom is 0.143 e. The first-order valence-electron chi connectivity index (χ1n) is 22.3. The van der Waals surface area contributed by atoms with E-state index in [0.717, 1.165) is 28.0 Å². The van der Waals surface area contributed by atoms with Crippen molar-refractivity contribution in [2.75, 3.05) is 4.90 Å². The molecule has 0 unspecified atom stereocenters. The highest BCUT2D eigenvalue weighted by atomic mass is 16.3. The molecule has 0 radical (unpaired) electrons. The molecule has 3 aliphatic rings. The van der Waals surface area contributed by atoms with Gasteiger partial charge >= 0.3 is 0 Å². The summed E-state index contributed by atoms with van der Waals surface area (Å²) in [7, 11) is 0. The molecule has 7 aromatic carbocycles. The van der Waals surface area contributed by atoms with Crippen LogP contribution in [-0.4, -0.2) is 0 Å². The number of nitrogens with zero attached hydrogens (tertiary/aromatic N) is 1. The number of hydrogen-bond donors (Lipinski definition) is 0. The lowest BCUT2D eigenvalue weighted by atomic mass is 9.79. The predicted molar refractivity (Wildman–Crippen MR) is 253 cm³/mol. The molecule has 1 fully saturated rings. The SMILES string of the molecule is CC(C)(C)c1cccc2c1-c1ccc(N(c3ccc(-c4cccc5c4oc4c(C6CCCCC6)cccc45)cc3)c3ccc4c(c3)C(C)(C)c3ccccc3-4)cc1C2(C)C. The molecule has 2 nitrogen and oxygen atoms in total. The second kappa shape index (κ2) is 13.3. The van der Waals surface area contributed by atoms with Crippen molar-refractivity contribution in [3.8, 4) is 33.4 Å². The van der Waals surface area contributed by atoms with Gasteiger partial charge in [-0.2, -0.15) is 0 Å². The lowest BCUT2D eigenvalue weighted by Crippen LogP contribution is -2.18. The number of rotatable bonds is 5. The zero-order valence-electron chi connectivity index (χ0n) is 36.2. The van der Waals surface area contributed by atoms with Gasteiger partial charge in [0.25, 0.3) is 0 Å². The van der Waals surface area contributed by atoms with Crippen LogP contribution >= 0.6 is 0 Å². The van der Waals surface area contributed by atoms with Crippen LogP contribution in [0, 0.1) is 0 Å². The van der Waals surface area contributed by atoms with Crippen LogP contribution < -0.4 is 4.90 Å². The summed E-state index contributed by atoms with van der Waals surface area (Å²) < 4.78 is 6.94. The van der Waals surface area contributed by atoms with Crippen molar-refractivity contribution in [3.05, 3.63) is 173 Å². The first-order chi connectivity index (χ1) is 28.9. The topological polar surface area (TPSA) is 16.4 Å². The van der Waals surface area contributed by atoms with Crippen molar-refractivity contribution in [2.24, 2.45) is 0 Å². The fourth-order valence-corrected chi connectivity index (χ4v) is 11.4. The van der Waals surface area contributed by atoms with Crippen molar-refractivity contribution >= 4 is 39.0 Å². The Balaban J connectivity index is 1.05. The fraction of sp³-hybridized carbons (Fsp3) is 0.276. The summed E-state index contributed by atoms with van der Waals surface area (Å²) in [6.45, 7) is 16.6. The molecule has 0 N–H and O–H groups in total. The second-order valence-corrected chi connectivity index (χ2v) is 20.0. The number of benzene rings is 7. The molecule has 60 heavy (non-hydrogen) atoms. The van der Waals surface area contributed by atoms with Crippen LogP contribution in [0.1, 0.15) is 120 Å². The van der Waals surface area contributed by atoms with E-state index in [0.29, 0.717) is 5.92 Å². The molecule has 0 atom stereocenters. The zero-order valence-corrected chi connectivity index (χ0v) is 36.2. The minimum Gasteiger partial charge on any atom is -0.455 e. The normalized spacial score (nSPS) is 16.4. The third-order valence-corrected chi connectivity index (χ3v) is 14.6. The minimum atomic E-state index is -0.138. The molecule has 0 saturated heterocycles. The molecule has 0 spiro atoms. The Kier molecular flexibility index (Phi) is 8.25. The molecule has 8 aromatic rings. The van der Waals surface area contributed by atoms with Gasteiger partial charge in [-0.05, 0) is 122 Å². The molecule has 2 heteroatoms. The standard InChI is InChI=1S/C58H55NO/c1-56(2,3)49-24-15-25-50-53(49)47-33-31-40(35-52(47)58(50,6)7)59(39-30-32-44-43-18-11-12-23-48(43)57(4,5)51(44)34-39)38-28-26-37(27-29-38)42-20-14-22-46-45-21-13-19-41(54(45)60-55(42)46)36-16-9-8-10-17-36/h11-15,18-36H,8-10,16-17H2,1-7H3. The first-order valence-corrected chi connectivity index (χ1v) is 22.3. The van der Waals surface area contributed by atoms with Crippen LogP contribution in [-0.2, 0) is 16.2 Å². The molecular formula is C58H55NO. The summed E-state index contributed by atoms with van der Waals surface area (Å²) in [5.74, 6) is 0.579. The van der Waals surface area contributed by atoms with E-state index in [9.17, 15) is 0 Å². The quantitative estimate of drug-likeness (QED) is 0.173. The number of furan rings is 1. The number of anilines is 3. The Labute approximate surface area is 355 Å².